The zero-order chi connectivity index (χ0) is 24.4. The monoisotopic (exact) mass is 474 g/mol. The lowest BCUT2D eigenvalue weighted by Crippen LogP contribution is -2.39. The Morgan fingerprint density at radius 3 is 2.42 bits per heavy atom. The van der Waals surface area contributed by atoms with Crippen LogP contribution in [0.3, 0.4) is 0 Å². The van der Waals surface area contributed by atoms with Gasteiger partial charge in [-0.1, -0.05) is 48.9 Å². The highest BCUT2D eigenvalue weighted by molar-refractivity contribution is 6.34. The summed E-state index contributed by atoms with van der Waals surface area (Å²) in [7, 11) is 3.50. The minimum atomic E-state index is -0.518. The van der Waals surface area contributed by atoms with Gasteiger partial charge in [0.2, 0.25) is 0 Å². The number of methoxy groups -OCH3 is 1. The van der Waals surface area contributed by atoms with Crippen molar-refractivity contribution in [3.63, 3.8) is 0 Å². The highest BCUT2D eigenvalue weighted by Crippen LogP contribution is 2.37. The van der Waals surface area contributed by atoms with Gasteiger partial charge in [-0.05, 0) is 63.3 Å². The van der Waals surface area contributed by atoms with Crippen molar-refractivity contribution in [2.45, 2.75) is 52.6 Å². The molecule has 0 aromatic heterocycles. The Hall–Kier alpha value is -2.24. The topological polar surface area (TPSA) is 42.0 Å². The van der Waals surface area contributed by atoms with E-state index in [1.807, 2.05) is 32.9 Å². The van der Waals surface area contributed by atoms with Crippen LogP contribution in [0.5, 0.6) is 0 Å². The van der Waals surface area contributed by atoms with E-state index in [2.05, 4.69) is 42.2 Å². The fourth-order valence-electron chi connectivity index (χ4n) is 3.61. The standard InChI is InChI=1S/C27H39ClN2O3/c1-7-21-12-10-13-22(20-21)25-23(28)14-11-15-24(25)30(16-8-9-19-32-6)18-17-29(5)26(31)33-27(2,3)4/h10-15,20H,7-9,16-19H2,1-6H3. The van der Waals surface area contributed by atoms with E-state index in [0.717, 1.165) is 54.3 Å². The molecule has 0 aliphatic carbocycles. The minimum Gasteiger partial charge on any atom is -0.444 e. The summed E-state index contributed by atoms with van der Waals surface area (Å²) in [6.45, 7) is 10.6. The summed E-state index contributed by atoms with van der Waals surface area (Å²) in [6.07, 6.45) is 2.60. The van der Waals surface area contributed by atoms with E-state index in [4.69, 9.17) is 21.1 Å². The third-order valence-electron chi connectivity index (χ3n) is 5.39. The molecule has 182 valence electrons. The molecule has 0 saturated heterocycles. The van der Waals surface area contributed by atoms with E-state index >= 15 is 0 Å². The molecule has 0 fully saturated rings. The van der Waals surface area contributed by atoms with Crippen molar-refractivity contribution >= 4 is 23.4 Å². The van der Waals surface area contributed by atoms with Crippen LogP contribution in [0.25, 0.3) is 11.1 Å². The Bertz CT molecular complexity index is 895. The summed E-state index contributed by atoms with van der Waals surface area (Å²) in [5.74, 6) is 0. The number of hydrogen-bond donors (Lipinski definition) is 0. The molecule has 6 heteroatoms. The van der Waals surface area contributed by atoms with Gasteiger partial charge in [0.25, 0.3) is 0 Å². The smallest absolute Gasteiger partial charge is 0.410 e. The fourth-order valence-corrected chi connectivity index (χ4v) is 3.89. The van der Waals surface area contributed by atoms with Crippen LogP contribution in [-0.2, 0) is 15.9 Å². The number of benzene rings is 2. The van der Waals surface area contributed by atoms with Crippen LogP contribution >= 0.6 is 11.6 Å². The molecule has 33 heavy (non-hydrogen) atoms. The maximum Gasteiger partial charge on any atom is 0.410 e. The van der Waals surface area contributed by atoms with Crippen molar-refractivity contribution in [1.82, 2.24) is 4.90 Å². The highest BCUT2D eigenvalue weighted by Gasteiger charge is 2.21. The number of nitrogens with zero attached hydrogens (tertiary/aromatic N) is 2. The average Bonchev–Trinajstić information content (AvgIpc) is 2.77. The van der Waals surface area contributed by atoms with Crippen LogP contribution in [0.15, 0.2) is 42.5 Å². The SMILES string of the molecule is CCc1cccc(-c2c(Cl)cccc2N(CCCCOC)CCN(C)C(=O)OC(C)(C)C)c1. The van der Waals surface area contributed by atoms with Gasteiger partial charge in [0, 0.05) is 51.6 Å². The van der Waals surface area contributed by atoms with Gasteiger partial charge in [-0.25, -0.2) is 4.79 Å². The molecular weight excluding hydrogens is 436 g/mol. The number of carbonyl (C=O) groups is 1. The molecule has 0 spiro atoms. The molecule has 0 bridgehead atoms. The summed E-state index contributed by atoms with van der Waals surface area (Å²) < 4.78 is 10.8. The largest absolute Gasteiger partial charge is 0.444 e. The number of likely N-dealkylation sites (N-methyl/N-ethyl adjacent to an activating group) is 1. The van der Waals surface area contributed by atoms with E-state index in [0.29, 0.717) is 13.1 Å². The Morgan fingerprint density at radius 2 is 1.76 bits per heavy atom. The van der Waals surface area contributed by atoms with E-state index in [1.165, 1.54) is 5.56 Å². The van der Waals surface area contributed by atoms with Crippen molar-refractivity contribution in [2.24, 2.45) is 0 Å². The molecule has 0 heterocycles. The van der Waals surface area contributed by atoms with Crippen molar-refractivity contribution in [2.75, 3.05) is 45.3 Å². The number of aryl methyl sites for hydroxylation is 1. The second-order valence-corrected chi connectivity index (χ2v) is 9.68. The summed E-state index contributed by atoms with van der Waals surface area (Å²) in [6, 6.07) is 14.6. The van der Waals surface area contributed by atoms with E-state index < -0.39 is 5.60 Å². The predicted octanol–water partition coefficient (Wildman–Crippen LogP) is 6.67. The lowest BCUT2D eigenvalue weighted by atomic mass is 9.99. The lowest BCUT2D eigenvalue weighted by Gasteiger charge is -2.31. The molecule has 0 radical (unpaired) electrons. The molecule has 0 unspecified atom stereocenters. The highest BCUT2D eigenvalue weighted by atomic mass is 35.5. The van der Waals surface area contributed by atoms with E-state index in [1.54, 1.807) is 19.1 Å². The third kappa shape index (κ3) is 8.56. The fraction of sp³-hybridized carbons (Fsp3) is 0.519. The molecule has 5 nitrogen and oxygen atoms in total. The molecule has 1 amide bonds. The summed E-state index contributed by atoms with van der Waals surface area (Å²) in [4.78, 5) is 16.4. The van der Waals surface area contributed by atoms with Gasteiger partial charge in [-0.15, -0.1) is 0 Å². The second kappa shape index (κ2) is 12.9. The van der Waals surface area contributed by atoms with Crippen molar-refractivity contribution in [3.05, 3.63) is 53.1 Å². The minimum absolute atomic E-state index is 0.316. The first kappa shape index (κ1) is 27.0. The summed E-state index contributed by atoms with van der Waals surface area (Å²) in [5.41, 5.74) is 3.97. The first-order chi connectivity index (χ1) is 15.7. The number of hydrogen-bond acceptors (Lipinski definition) is 4. The maximum absolute atomic E-state index is 12.5. The van der Waals surface area contributed by atoms with Crippen molar-refractivity contribution in [1.29, 1.82) is 0 Å². The van der Waals surface area contributed by atoms with Crippen LogP contribution < -0.4 is 4.90 Å². The molecule has 0 saturated carbocycles. The number of halogens is 1. The molecule has 2 aromatic carbocycles. The van der Waals surface area contributed by atoms with Gasteiger partial charge in [0.15, 0.2) is 0 Å². The Balaban J connectivity index is 2.31. The van der Waals surface area contributed by atoms with Crippen molar-refractivity contribution < 1.29 is 14.3 Å². The van der Waals surface area contributed by atoms with Gasteiger partial charge < -0.3 is 19.3 Å². The number of unbranched alkanes of at least 4 members (excludes halogenated alkanes) is 1. The van der Waals surface area contributed by atoms with Gasteiger partial charge in [-0.2, -0.15) is 0 Å². The van der Waals surface area contributed by atoms with E-state index in [9.17, 15) is 4.79 Å². The summed E-state index contributed by atoms with van der Waals surface area (Å²) in [5, 5.41) is 0.725. The van der Waals surface area contributed by atoms with Gasteiger partial charge in [-0.3, -0.25) is 0 Å². The third-order valence-corrected chi connectivity index (χ3v) is 5.71. The Morgan fingerprint density at radius 1 is 1.03 bits per heavy atom. The molecule has 0 aliphatic heterocycles. The number of anilines is 1. The van der Waals surface area contributed by atoms with Crippen LogP contribution in [-0.4, -0.2) is 57.0 Å². The van der Waals surface area contributed by atoms with Crippen LogP contribution in [0, 0.1) is 0 Å². The Kier molecular flexibility index (Phi) is 10.5. The van der Waals surface area contributed by atoms with Gasteiger partial charge in [0.1, 0.15) is 5.60 Å². The zero-order valence-corrected chi connectivity index (χ0v) is 21.7. The number of amides is 1. The maximum atomic E-state index is 12.5. The molecular formula is C27H39ClN2O3. The number of ether oxygens (including phenoxy) is 2. The number of rotatable bonds is 11. The lowest BCUT2D eigenvalue weighted by molar-refractivity contribution is 0.0303. The van der Waals surface area contributed by atoms with Crippen molar-refractivity contribution in [3.8, 4) is 11.1 Å². The van der Waals surface area contributed by atoms with Gasteiger partial charge >= 0.3 is 6.09 Å². The molecule has 0 N–H and O–H groups in total. The predicted molar refractivity (Wildman–Crippen MR) is 138 cm³/mol. The van der Waals surface area contributed by atoms with Crippen LogP contribution in [0.2, 0.25) is 5.02 Å². The Labute approximate surface area is 204 Å². The molecule has 0 aliphatic rings. The first-order valence-corrected chi connectivity index (χ1v) is 12.1. The van der Waals surface area contributed by atoms with Crippen LogP contribution in [0.4, 0.5) is 10.5 Å². The quantitative estimate of drug-likeness (QED) is 0.341. The molecule has 2 aromatic rings. The molecule has 0 atom stereocenters. The summed E-state index contributed by atoms with van der Waals surface area (Å²) >= 11 is 6.74. The van der Waals surface area contributed by atoms with Gasteiger partial charge in [0.05, 0.1) is 5.02 Å². The normalized spacial score (nSPS) is 11.4. The number of carbonyl (C=O) groups excluding carboxylic acids is 1. The average molecular weight is 475 g/mol. The van der Waals surface area contributed by atoms with Crippen LogP contribution in [0.1, 0.15) is 46.1 Å². The second-order valence-electron chi connectivity index (χ2n) is 9.28. The molecule has 2 rings (SSSR count). The zero-order valence-electron chi connectivity index (χ0n) is 21.0. The first-order valence-electron chi connectivity index (χ1n) is 11.7. The van der Waals surface area contributed by atoms with E-state index in [-0.39, 0.29) is 6.09 Å².